The summed E-state index contributed by atoms with van der Waals surface area (Å²) in [7, 11) is 0. The van der Waals surface area contributed by atoms with Gasteiger partial charge in [-0.3, -0.25) is 9.59 Å². The smallest absolute Gasteiger partial charge is 0.223 e. The van der Waals surface area contributed by atoms with Crippen molar-refractivity contribution >= 4 is 17.5 Å². The van der Waals surface area contributed by atoms with Gasteiger partial charge in [0, 0.05) is 26.4 Å². The van der Waals surface area contributed by atoms with Crippen molar-refractivity contribution in [3.05, 3.63) is 29.3 Å². The summed E-state index contributed by atoms with van der Waals surface area (Å²) in [6.07, 6.45) is 2.23. The molecule has 4 nitrogen and oxygen atoms in total. The van der Waals surface area contributed by atoms with E-state index in [-0.39, 0.29) is 11.8 Å². The van der Waals surface area contributed by atoms with Crippen LogP contribution in [-0.2, 0) is 22.4 Å². The van der Waals surface area contributed by atoms with Crippen molar-refractivity contribution in [3.8, 4) is 0 Å². The van der Waals surface area contributed by atoms with Gasteiger partial charge in [0.1, 0.15) is 0 Å². The third-order valence-electron chi connectivity index (χ3n) is 3.59. The van der Waals surface area contributed by atoms with Gasteiger partial charge in [-0.25, -0.2) is 0 Å². The van der Waals surface area contributed by atoms with E-state index >= 15 is 0 Å². The molecule has 0 unspecified atom stereocenters. The first-order chi connectivity index (χ1) is 10.0. The minimum Gasteiger partial charge on any atom is -0.354 e. The van der Waals surface area contributed by atoms with Gasteiger partial charge in [0.15, 0.2) is 0 Å². The largest absolute Gasteiger partial charge is 0.354 e. The number of amides is 2. The maximum absolute atomic E-state index is 12.0. The maximum Gasteiger partial charge on any atom is 0.223 e. The number of carbonyl (C=O) groups excluding carboxylic acids is 2. The van der Waals surface area contributed by atoms with Gasteiger partial charge in [0.2, 0.25) is 11.8 Å². The van der Waals surface area contributed by atoms with E-state index in [4.69, 9.17) is 0 Å². The quantitative estimate of drug-likeness (QED) is 0.839. The Bertz CT molecular complexity index is 475. The van der Waals surface area contributed by atoms with Crippen LogP contribution in [0.5, 0.6) is 0 Å². The highest BCUT2D eigenvalue weighted by molar-refractivity contribution is 5.93. The number of rotatable bonds is 7. The van der Waals surface area contributed by atoms with E-state index in [1.807, 2.05) is 13.0 Å². The average Bonchev–Trinajstić information content (AvgIpc) is 2.50. The Morgan fingerprint density at radius 2 is 1.67 bits per heavy atom. The lowest BCUT2D eigenvalue weighted by atomic mass is 10.0. The Hall–Kier alpha value is -1.84. The van der Waals surface area contributed by atoms with E-state index < -0.39 is 0 Å². The van der Waals surface area contributed by atoms with Crippen LogP contribution in [-0.4, -0.2) is 24.9 Å². The first kappa shape index (κ1) is 17.2. The van der Waals surface area contributed by atoms with Crippen LogP contribution in [0.4, 0.5) is 5.69 Å². The molecule has 0 fully saturated rings. The average molecular weight is 290 g/mol. The predicted molar refractivity (Wildman–Crippen MR) is 86.5 cm³/mol. The van der Waals surface area contributed by atoms with Crippen molar-refractivity contribution in [2.75, 3.05) is 18.0 Å². The summed E-state index contributed by atoms with van der Waals surface area (Å²) in [6, 6.07) is 6.17. The molecular formula is C17H26N2O2. The molecule has 1 N–H and O–H groups in total. The fourth-order valence-corrected chi connectivity index (χ4v) is 2.42. The van der Waals surface area contributed by atoms with E-state index in [1.54, 1.807) is 11.8 Å². The molecule has 0 aromatic heterocycles. The summed E-state index contributed by atoms with van der Waals surface area (Å²) in [5, 5.41) is 2.83. The summed E-state index contributed by atoms with van der Waals surface area (Å²) in [5.74, 6) is 0.0225. The van der Waals surface area contributed by atoms with Gasteiger partial charge in [-0.05, 0) is 24.0 Å². The lowest BCUT2D eigenvalue weighted by Gasteiger charge is -2.26. The highest BCUT2D eigenvalue weighted by Gasteiger charge is 2.17. The van der Waals surface area contributed by atoms with Crippen LogP contribution >= 0.6 is 0 Å². The molecule has 21 heavy (non-hydrogen) atoms. The van der Waals surface area contributed by atoms with Gasteiger partial charge >= 0.3 is 0 Å². The van der Waals surface area contributed by atoms with Crippen LogP contribution in [0, 0.1) is 0 Å². The Labute approximate surface area is 127 Å². The van der Waals surface area contributed by atoms with Crippen molar-refractivity contribution < 1.29 is 9.59 Å². The van der Waals surface area contributed by atoms with Gasteiger partial charge in [0.05, 0.1) is 5.69 Å². The lowest BCUT2D eigenvalue weighted by Crippen LogP contribution is -2.38. The third-order valence-corrected chi connectivity index (χ3v) is 3.59. The Morgan fingerprint density at radius 3 is 2.10 bits per heavy atom. The van der Waals surface area contributed by atoms with E-state index in [0.29, 0.717) is 19.5 Å². The molecule has 2 amide bonds. The van der Waals surface area contributed by atoms with Crippen LogP contribution in [0.1, 0.15) is 45.2 Å². The van der Waals surface area contributed by atoms with Gasteiger partial charge in [-0.2, -0.15) is 0 Å². The monoisotopic (exact) mass is 290 g/mol. The van der Waals surface area contributed by atoms with Gasteiger partial charge in [-0.1, -0.05) is 39.0 Å². The van der Waals surface area contributed by atoms with Crippen LogP contribution in [0.3, 0.4) is 0 Å². The number of nitrogens with zero attached hydrogens (tertiary/aromatic N) is 1. The SMILES string of the molecule is CCC(=O)NCCN(C(C)=O)c1c(CC)cccc1CC. The van der Waals surface area contributed by atoms with E-state index in [1.165, 1.54) is 11.1 Å². The number of hydrogen-bond acceptors (Lipinski definition) is 2. The fourth-order valence-electron chi connectivity index (χ4n) is 2.42. The van der Waals surface area contributed by atoms with Gasteiger partial charge in [-0.15, -0.1) is 0 Å². The standard InChI is InChI=1S/C17H26N2O2/c1-5-14-9-8-10-15(6-2)17(14)19(13(4)20)12-11-18-16(21)7-3/h8-10H,5-7,11-12H2,1-4H3,(H,18,21). The zero-order valence-corrected chi connectivity index (χ0v) is 13.5. The van der Waals surface area contributed by atoms with Crippen LogP contribution < -0.4 is 10.2 Å². The molecule has 1 aromatic carbocycles. The molecule has 0 aliphatic heterocycles. The maximum atomic E-state index is 12.0. The van der Waals surface area contributed by atoms with Gasteiger partial charge in [0.25, 0.3) is 0 Å². The lowest BCUT2D eigenvalue weighted by molar-refractivity contribution is -0.121. The summed E-state index contributed by atoms with van der Waals surface area (Å²) >= 11 is 0. The highest BCUT2D eigenvalue weighted by atomic mass is 16.2. The van der Waals surface area contributed by atoms with E-state index in [2.05, 4.69) is 31.3 Å². The Morgan fingerprint density at radius 1 is 1.10 bits per heavy atom. The molecule has 1 aromatic rings. The van der Waals surface area contributed by atoms with Crippen molar-refractivity contribution in [1.29, 1.82) is 0 Å². The molecule has 0 heterocycles. The third kappa shape index (κ3) is 4.59. The molecule has 0 atom stereocenters. The normalized spacial score (nSPS) is 10.3. The molecule has 0 spiro atoms. The number of nitrogens with one attached hydrogen (secondary N) is 1. The molecular weight excluding hydrogens is 264 g/mol. The zero-order chi connectivity index (χ0) is 15.8. The summed E-state index contributed by atoms with van der Waals surface area (Å²) in [5.41, 5.74) is 3.36. The predicted octanol–water partition coefficient (Wildman–Crippen LogP) is 2.69. The Kier molecular flexibility index (Phi) is 6.92. The second-order valence-electron chi connectivity index (χ2n) is 5.01. The molecule has 0 saturated carbocycles. The van der Waals surface area contributed by atoms with E-state index in [9.17, 15) is 9.59 Å². The first-order valence-electron chi connectivity index (χ1n) is 7.70. The van der Waals surface area contributed by atoms with Crippen molar-refractivity contribution in [3.63, 3.8) is 0 Å². The van der Waals surface area contributed by atoms with Crippen molar-refractivity contribution in [2.24, 2.45) is 0 Å². The first-order valence-corrected chi connectivity index (χ1v) is 7.70. The van der Waals surface area contributed by atoms with Crippen LogP contribution in [0.2, 0.25) is 0 Å². The number of carbonyl (C=O) groups is 2. The second kappa shape index (κ2) is 8.45. The number of hydrogen-bond donors (Lipinski definition) is 1. The fraction of sp³-hybridized carbons (Fsp3) is 0.529. The minimum absolute atomic E-state index is 0.0105. The van der Waals surface area contributed by atoms with Crippen LogP contribution in [0.25, 0.3) is 0 Å². The van der Waals surface area contributed by atoms with Gasteiger partial charge < -0.3 is 10.2 Å². The molecule has 116 valence electrons. The molecule has 0 radical (unpaired) electrons. The van der Waals surface area contributed by atoms with Crippen LogP contribution in [0.15, 0.2) is 18.2 Å². The number of aryl methyl sites for hydroxylation is 2. The molecule has 1 rings (SSSR count). The molecule has 0 saturated heterocycles. The van der Waals surface area contributed by atoms with Crippen molar-refractivity contribution in [1.82, 2.24) is 5.32 Å². The summed E-state index contributed by atoms with van der Waals surface area (Å²) in [6.45, 7) is 8.57. The number of para-hydroxylation sites is 1. The molecule has 0 aliphatic rings. The topological polar surface area (TPSA) is 49.4 Å². The van der Waals surface area contributed by atoms with E-state index in [0.717, 1.165) is 18.5 Å². The molecule has 0 bridgehead atoms. The molecule has 4 heteroatoms. The number of benzene rings is 1. The van der Waals surface area contributed by atoms with Crippen molar-refractivity contribution in [2.45, 2.75) is 47.0 Å². The zero-order valence-electron chi connectivity index (χ0n) is 13.5. The second-order valence-corrected chi connectivity index (χ2v) is 5.01. The minimum atomic E-state index is 0.0105. The number of anilines is 1. The highest BCUT2D eigenvalue weighted by Crippen LogP contribution is 2.27. The Balaban J connectivity index is 3.00. The summed E-state index contributed by atoms with van der Waals surface area (Å²) in [4.78, 5) is 25.2. The molecule has 0 aliphatic carbocycles. The summed E-state index contributed by atoms with van der Waals surface area (Å²) < 4.78 is 0.